The van der Waals surface area contributed by atoms with Crippen molar-refractivity contribution >= 4 is 0 Å². The van der Waals surface area contributed by atoms with Crippen molar-refractivity contribution in [3.05, 3.63) is 0 Å². The number of nitrogens with two attached hydrogens (primary N) is 1. The van der Waals surface area contributed by atoms with Crippen molar-refractivity contribution in [3.63, 3.8) is 0 Å². The molecule has 10 heavy (non-hydrogen) atoms. The van der Waals surface area contributed by atoms with Crippen molar-refractivity contribution in [1.29, 1.82) is 0 Å². The zero-order valence-corrected chi connectivity index (χ0v) is 5.52. The number of hydrogen-bond donors (Lipinski definition) is 2. The van der Waals surface area contributed by atoms with Crippen molar-refractivity contribution in [1.82, 2.24) is 0 Å². The van der Waals surface area contributed by atoms with Crippen LogP contribution in [0.2, 0.25) is 0 Å². The van der Waals surface area contributed by atoms with Crippen LogP contribution in [0.3, 0.4) is 0 Å². The summed E-state index contributed by atoms with van der Waals surface area (Å²) >= 11 is 0. The lowest BCUT2D eigenvalue weighted by molar-refractivity contribution is -0.209. The summed E-state index contributed by atoms with van der Waals surface area (Å²) < 4.78 is 34.7. The second-order valence-corrected chi connectivity index (χ2v) is 2.06. The van der Waals surface area contributed by atoms with Gasteiger partial charge < -0.3 is 10.8 Å². The monoisotopic (exact) mass is 157 g/mol. The Morgan fingerprint density at radius 3 is 2.00 bits per heavy atom. The lowest BCUT2D eigenvalue weighted by Crippen LogP contribution is -2.44. The molecule has 0 aromatic carbocycles. The highest BCUT2D eigenvalue weighted by atomic mass is 19.4. The Morgan fingerprint density at radius 2 is 1.90 bits per heavy atom. The smallest absolute Gasteiger partial charge is 0.382 e. The molecule has 0 saturated heterocycles. The third kappa shape index (κ3) is 2.53. The predicted octanol–water partition coefficient (Wildman–Crippen LogP) is 0.647. The van der Waals surface area contributed by atoms with Gasteiger partial charge in [-0.2, -0.15) is 13.2 Å². The van der Waals surface area contributed by atoms with Crippen LogP contribution in [0.25, 0.3) is 0 Å². The van der Waals surface area contributed by atoms with Gasteiger partial charge in [-0.15, -0.1) is 0 Å². The lowest BCUT2D eigenvalue weighted by Gasteiger charge is -2.19. The summed E-state index contributed by atoms with van der Waals surface area (Å²) in [5.74, 6) is 0. The van der Waals surface area contributed by atoms with E-state index in [1.807, 2.05) is 0 Å². The molecule has 0 spiro atoms. The van der Waals surface area contributed by atoms with Gasteiger partial charge in [0.15, 0.2) is 6.10 Å². The molecule has 1 unspecified atom stereocenters. The Hall–Kier alpha value is -0.290. The molecule has 0 aromatic heterocycles. The first-order chi connectivity index (χ1) is 4.39. The average Bonchev–Trinajstić information content (AvgIpc) is 1.83. The summed E-state index contributed by atoms with van der Waals surface area (Å²) in [7, 11) is 0. The minimum absolute atomic E-state index is 0.112. The third-order valence-corrected chi connectivity index (χ3v) is 1.21. The highest BCUT2D eigenvalue weighted by Gasteiger charge is 2.41. The summed E-state index contributed by atoms with van der Waals surface area (Å²) in [5.41, 5.74) is 4.93. The Labute approximate surface area is 56.8 Å². The van der Waals surface area contributed by atoms with Gasteiger partial charge in [0.05, 0.1) is 0 Å². The van der Waals surface area contributed by atoms with E-state index in [9.17, 15) is 13.2 Å². The molecular weight excluding hydrogens is 147 g/mol. The summed E-state index contributed by atoms with van der Waals surface area (Å²) in [6.45, 7) is 1.49. The van der Waals surface area contributed by atoms with Crippen molar-refractivity contribution in [2.24, 2.45) is 5.73 Å². The fraction of sp³-hybridized carbons (Fsp3) is 1.00. The van der Waals surface area contributed by atoms with Crippen LogP contribution in [0, 0.1) is 0 Å². The molecule has 2 atom stereocenters. The predicted molar refractivity (Wildman–Crippen MR) is 30.3 cm³/mol. The van der Waals surface area contributed by atoms with Gasteiger partial charge in [0.25, 0.3) is 0 Å². The van der Waals surface area contributed by atoms with Gasteiger partial charge in [0, 0.05) is 6.04 Å². The second kappa shape index (κ2) is 3.21. The van der Waals surface area contributed by atoms with Gasteiger partial charge in [-0.05, 0) is 6.42 Å². The molecule has 0 heterocycles. The van der Waals surface area contributed by atoms with Gasteiger partial charge in [0.1, 0.15) is 0 Å². The lowest BCUT2D eigenvalue weighted by atomic mass is 10.1. The first kappa shape index (κ1) is 9.71. The quantitative estimate of drug-likeness (QED) is 0.618. The van der Waals surface area contributed by atoms with Crippen LogP contribution in [0.15, 0.2) is 0 Å². The third-order valence-electron chi connectivity index (χ3n) is 1.21. The van der Waals surface area contributed by atoms with Gasteiger partial charge in [0.2, 0.25) is 0 Å². The minimum Gasteiger partial charge on any atom is -0.382 e. The van der Waals surface area contributed by atoms with Crippen molar-refractivity contribution < 1.29 is 18.3 Å². The van der Waals surface area contributed by atoms with E-state index < -0.39 is 18.3 Å². The topological polar surface area (TPSA) is 46.2 Å². The molecule has 62 valence electrons. The number of rotatable bonds is 2. The van der Waals surface area contributed by atoms with E-state index in [0.717, 1.165) is 0 Å². The first-order valence-electron chi connectivity index (χ1n) is 2.90. The molecule has 0 saturated carbocycles. The van der Waals surface area contributed by atoms with E-state index >= 15 is 0 Å². The van der Waals surface area contributed by atoms with Crippen LogP contribution in [0.5, 0.6) is 0 Å². The number of halogens is 3. The van der Waals surface area contributed by atoms with Crippen molar-refractivity contribution in [3.8, 4) is 0 Å². The van der Waals surface area contributed by atoms with E-state index in [1.165, 1.54) is 6.92 Å². The average molecular weight is 157 g/mol. The number of alkyl halides is 3. The maximum atomic E-state index is 11.6. The molecule has 0 aliphatic carbocycles. The molecule has 0 aromatic rings. The number of aliphatic hydroxyl groups excluding tert-OH is 1. The Kier molecular flexibility index (Phi) is 3.11. The summed E-state index contributed by atoms with van der Waals surface area (Å²) in [4.78, 5) is 0. The highest BCUT2D eigenvalue weighted by Crippen LogP contribution is 2.22. The molecule has 2 nitrogen and oxygen atoms in total. The minimum atomic E-state index is -4.59. The summed E-state index contributed by atoms with van der Waals surface area (Å²) in [6, 6.07) is -1.21. The maximum absolute atomic E-state index is 11.6. The fourth-order valence-corrected chi connectivity index (χ4v) is 0.466. The van der Waals surface area contributed by atoms with E-state index in [2.05, 4.69) is 0 Å². The van der Waals surface area contributed by atoms with Crippen LogP contribution in [0.4, 0.5) is 13.2 Å². The van der Waals surface area contributed by atoms with E-state index in [0.29, 0.717) is 0 Å². The van der Waals surface area contributed by atoms with Gasteiger partial charge in [-0.1, -0.05) is 6.92 Å². The maximum Gasteiger partial charge on any atom is 0.415 e. The zero-order chi connectivity index (χ0) is 8.36. The Balaban J connectivity index is 3.94. The van der Waals surface area contributed by atoms with E-state index in [-0.39, 0.29) is 6.42 Å². The normalized spacial score (nSPS) is 18.6. The number of aliphatic hydroxyl groups is 1. The SMILES string of the molecule is CC[C@@H](N)C(O)C(F)(F)F. The molecule has 0 aliphatic heterocycles. The molecule has 3 N–H and O–H groups in total. The Bertz CT molecular complexity index is 104. The molecular formula is C5H10F3NO. The van der Waals surface area contributed by atoms with Crippen LogP contribution in [-0.2, 0) is 0 Å². The second-order valence-electron chi connectivity index (χ2n) is 2.06. The molecule has 0 amide bonds. The van der Waals surface area contributed by atoms with Crippen LogP contribution in [-0.4, -0.2) is 23.4 Å². The fourth-order valence-electron chi connectivity index (χ4n) is 0.466. The molecule has 0 radical (unpaired) electrons. The molecule has 0 fully saturated rings. The van der Waals surface area contributed by atoms with Crippen LogP contribution < -0.4 is 5.73 Å². The summed E-state index contributed by atoms with van der Waals surface area (Å²) in [5, 5.41) is 8.40. The van der Waals surface area contributed by atoms with Crippen molar-refractivity contribution in [2.75, 3.05) is 0 Å². The highest BCUT2D eigenvalue weighted by molar-refractivity contribution is 4.76. The molecule has 0 rings (SSSR count). The largest absolute Gasteiger partial charge is 0.415 e. The number of hydrogen-bond acceptors (Lipinski definition) is 2. The van der Waals surface area contributed by atoms with Crippen molar-refractivity contribution in [2.45, 2.75) is 31.7 Å². The van der Waals surface area contributed by atoms with Crippen LogP contribution >= 0.6 is 0 Å². The van der Waals surface area contributed by atoms with Gasteiger partial charge in [-0.3, -0.25) is 0 Å². The van der Waals surface area contributed by atoms with Gasteiger partial charge in [-0.25, -0.2) is 0 Å². The van der Waals surface area contributed by atoms with E-state index in [1.54, 1.807) is 0 Å². The molecule has 5 heteroatoms. The van der Waals surface area contributed by atoms with Crippen LogP contribution in [0.1, 0.15) is 13.3 Å². The summed E-state index contributed by atoms with van der Waals surface area (Å²) in [6.07, 6.45) is -6.87. The van der Waals surface area contributed by atoms with Gasteiger partial charge >= 0.3 is 6.18 Å². The first-order valence-corrected chi connectivity index (χ1v) is 2.90. The molecule has 0 bridgehead atoms. The van der Waals surface area contributed by atoms with E-state index in [4.69, 9.17) is 10.8 Å². The molecule has 0 aliphatic rings. The standard InChI is InChI=1S/C5H10F3NO/c1-2-3(9)4(10)5(6,7)8/h3-4,10H,2,9H2,1H3/t3-,4?/m1/s1. The zero-order valence-electron chi connectivity index (χ0n) is 5.52. The Morgan fingerprint density at radius 1 is 1.50 bits per heavy atom.